The quantitative estimate of drug-likeness (QED) is 0.724. The average Bonchev–Trinajstić information content (AvgIpc) is 2.11. The zero-order chi connectivity index (χ0) is 10.8. The molecule has 0 saturated carbocycles. The zero-order valence-electron chi connectivity index (χ0n) is 9.95. The molecule has 1 N–H and O–H groups in total. The summed E-state index contributed by atoms with van der Waals surface area (Å²) in [5.41, 5.74) is 0.0373. The van der Waals surface area contributed by atoms with Gasteiger partial charge in [0.25, 0.3) is 0 Å². The predicted molar refractivity (Wildman–Crippen MR) is 59.4 cm³/mol. The number of hydrogen-bond acceptors (Lipinski definition) is 3. The van der Waals surface area contributed by atoms with E-state index in [1.807, 2.05) is 0 Å². The highest BCUT2D eigenvalue weighted by atomic mass is 16.3. The summed E-state index contributed by atoms with van der Waals surface area (Å²) in [6.45, 7) is 11.2. The lowest BCUT2D eigenvalue weighted by Crippen LogP contribution is -2.52. The summed E-state index contributed by atoms with van der Waals surface area (Å²) in [6.07, 6.45) is 0. The molecule has 1 rings (SSSR count). The molecule has 3 nitrogen and oxygen atoms in total. The highest BCUT2D eigenvalue weighted by Crippen LogP contribution is 2.18. The van der Waals surface area contributed by atoms with Crippen LogP contribution in [-0.4, -0.2) is 60.8 Å². The molecule has 14 heavy (non-hydrogen) atoms. The highest BCUT2D eigenvalue weighted by molar-refractivity contribution is 4.81. The fourth-order valence-corrected chi connectivity index (χ4v) is 1.92. The van der Waals surface area contributed by atoms with E-state index in [-0.39, 0.29) is 12.0 Å². The number of likely N-dealkylation sites (N-methyl/N-ethyl adjacent to an activating group) is 1. The van der Waals surface area contributed by atoms with Gasteiger partial charge in [0.1, 0.15) is 0 Å². The second-order valence-electron chi connectivity index (χ2n) is 5.39. The van der Waals surface area contributed by atoms with Crippen molar-refractivity contribution in [1.29, 1.82) is 0 Å². The third-order valence-corrected chi connectivity index (χ3v) is 3.12. The fraction of sp³-hybridized carbons (Fsp3) is 1.00. The van der Waals surface area contributed by atoms with Crippen LogP contribution >= 0.6 is 0 Å². The molecule has 1 aliphatic rings. The molecule has 84 valence electrons. The normalized spacial score (nSPS) is 26.8. The van der Waals surface area contributed by atoms with E-state index in [4.69, 9.17) is 0 Å². The van der Waals surface area contributed by atoms with E-state index in [0.717, 1.165) is 26.2 Å². The highest BCUT2D eigenvalue weighted by Gasteiger charge is 2.26. The van der Waals surface area contributed by atoms with Crippen LogP contribution in [0.2, 0.25) is 0 Å². The maximum Gasteiger partial charge on any atom is 0.0494 e. The molecule has 0 spiro atoms. The molecule has 0 amide bonds. The van der Waals surface area contributed by atoms with Crippen molar-refractivity contribution in [2.45, 2.75) is 26.8 Å². The van der Waals surface area contributed by atoms with Crippen LogP contribution in [-0.2, 0) is 0 Å². The average molecular weight is 200 g/mol. The van der Waals surface area contributed by atoms with Gasteiger partial charge in [0.2, 0.25) is 0 Å². The zero-order valence-corrected chi connectivity index (χ0v) is 9.95. The molecule has 1 heterocycles. The molecule has 0 radical (unpaired) electrons. The summed E-state index contributed by atoms with van der Waals surface area (Å²) in [7, 11) is 2.18. The summed E-state index contributed by atoms with van der Waals surface area (Å²) in [5.74, 6) is 0. The monoisotopic (exact) mass is 200 g/mol. The van der Waals surface area contributed by atoms with Crippen LogP contribution in [0.5, 0.6) is 0 Å². The van der Waals surface area contributed by atoms with Gasteiger partial charge in [-0.3, -0.25) is 4.90 Å². The molecule has 0 aromatic rings. The van der Waals surface area contributed by atoms with Gasteiger partial charge >= 0.3 is 0 Å². The van der Waals surface area contributed by atoms with E-state index in [2.05, 4.69) is 37.6 Å². The Hall–Kier alpha value is -0.120. The van der Waals surface area contributed by atoms with Crippen LogP contribution in [0.1, 0.15) is 20.8 Å². The molecule has 0 bridgehead atoms. The Labute approximate surface area is 87.7 Å². The molecule has 1 unspecified atom stereocenters. The first kappa shape index (κ1) is 12.0. The minimum absolute atomic E-state index is 0.0373. The van der Waals surface area contributed by atoms with Crippen molar-refractivity contribution >= 4 is 0 Å². The second-order valence-corrected chi connectivity index (χ2v) is 5.39. The van der Waals surface area contributed by atoms with E-state index in [1.54, 1.807) is 0 Å². The second kappa shape index (κ2) is 4.60. The molecule has 0 aliphatic carbocycles. The van der Waals surface area contributed by atoms with Gasteiger partial charge in [-0.2, -0.15) is 0 Å². The number of piperazine rings is 1. The molecule has 1 saturated heterocycles. The molecule has 0 aromatic heterocycles. The lowest BCUT2D eigenvalue weighted by Gasteiger charge is -2.40. The number of hydrogen-bond donors (Lipinski definition) is 1. The summed E-state index contributed by atoms with van der Waals surface area (Å²) in [5, 5.41) is 9.21. The molecular weight excluding hydrogens is 176 g/mol. The van der Waals surface area contributed by atoms with Crippen molar-refractivity contribution in [2.24, 2.45) is 5.41 Å². The topological polar surface area (TPSA) is 26.7 Å². The van der Waals surface area contributed by atoms with Crippen LogP contribution in [0, 0.1) is 5.41 Å². The van der Waals surface area contributed by atoms with E-state index in [0.29, 0.717) is 6.04 Å². The lowest BCUT2D eigenvalue weighted by atomic mass is 9.93. The smallest absolute Gasteiger partial charge is 0.0494 e. The Morgan fingerprint density at radius 3 is 2.50 bits per heavy atom. The number of nitrogens with zero attached hydrogens (tertiary/aromatic N) is 2. The molecular formula is C11H24N2O. The van der Waals surface area contributed by atoms with Crippen LogP contribution < -0.4 is 0 Å². The van der Waals surface area contributed by atoms with E-state index in [1.165, 1.54) is 0 Å². The minimum Gasteiger partial charge on any atom is -0.396 e. The van der Waals surface area contributed by atoms with Gasteiger partial charge in [-0.15, -0.1) is 0 Å². The van der Waals surface area contributed by atoms with E-state index >= 15 is 0 Å². The third kappa shape index (κ3) is 3.23. The Balaban J connectivity index is 2.40. The maximum atomic E-state index is 9.21. The van der Waals surface area contributed by atoms with Gasteiger partial charge in [0.05, 0.1) is 0 Å². The van der Waals surface area contributed by atoms with Crippen molar-refractivity contribution in [3.8, 4) is 0 Å². The van der Waals surface area contributed by atoms with Gasteiger partial charge in [-0.1, -0.05) is 13.8 Å². The largest absolute Gasteiger partial charge is 0.396 e. The van der Waals surface area contributed by atoms with E-state index < -0.39 is 0 Å². The summed E-state index contributed by atoms with van der Waals surface area (Å²) in [6, 6.07) is 0.637. The van der Waals surface area contributed by atoms with Crippen LogP contribution in [0.4, 0.5) is 0 Å². The summed E-state index contributed by atoms with van der Waals surface area (Å²) in [4.78, 5) is 4.85. The van der Waals surface area contributed by atoms with Crippen molar-refractivity contribution in [1.82, 2.24) is 9.80 Å². The SMILES string of the molecule is CC1CN(CC(C)(C)CO)CCN1C. The Morgan fingerprint density at radius 2 is 2.00 bits per heavy atom. The molecule has 1 fully saturated rings. The van der Waals surface area contributed by atoms with Crippen LogP contribution in [0.15, 0.2) is 0 Å². The molecule has 3 heteroatoms. The van der Waals surface area contributed by atoms with Crippen molar-refractivity contribution in [3.63, 3.8) is 0 Å². The van der Waals surface area contributed by atoms with Gasteiger partial charge in [-0.25, -0.2) is 0 Å². The molecule has 1 aliphatic heterocycles. The van der Waals surface area contributed by atoms with Crippen molar-refractivity contribution in [3.05, 3.63) is 0 Å². The van der Waals surface area contributed by atoms with Crippen LogP contribution in [0.25, 0.3) is 0 Å². The van der Waals surface area contributed by atoms with Crippen molar-refractivity contribution < 1.29 is 5.11 Å². The lowest BCUT2D eigenvalue weighted by molar-refractivity contribution is 0.0513. The molecule has 0 aromatic carbocycles. The maximum absolute atomic E-state index is 9.21. The summed E-state index contributed by atoms with van der Waals surface area (Å²) >= 11 is 0. The molecule has 1 atom stereocenters. The standard InChI is InChI=1S/C11H24N2O/c1-10-7-13(6-5-12(10)4)8-11(2,3)9-14/h10,14H,5-9H2,1-4H3. The van der Waals surface area contributed by atoms with Crippen LogP contribution in [0.3, 0.4) is 0 Å². The van der Waals surface area contributed by atoms with Crippen molar-refractivity contribution in [2.75, 3.05) is 39.8 Å². The Bertz CT molecular complexity index is 182. The first-order valence-electron chi connectivity index (χ1n) is 5.48. The minimum atomic E-state index is 0.0373. The number of aliphatic hydroxyl groups is 1. The Morgan fingerprint density at radius 1 is 1.36 bits per heavy atom. The van der Waals surface area contributed by atoms with Gasteiger partial charge in [0.15, 0.2) is 0 Å². The number of aliphatic hydroxyl groups excluding tert-OH is 1. The third-order valence-electron chi connectivity index (χ3n) is 3.12. The van der Waals surface area contributed by atoms with Gasteiger partial charge in [-0.05, 0) is 14.0 Å². The summed E-state index contributed by atoms with van der Waals surface area (Å²) < 4.78 is 0. The number of rotatable bonds is 3. The fourth-order valence-electron chi connectivity index (χ4n) is 1.92. The van der Waals surface area contributed by atoms with Gasteiger partial charge < -0.3 is 10.0 Å². The first-order chi connectivity index (χ1) is 6.44. The predicted octanol–water partition coefficient (Wildman–Crippen LogP) is 0.641. The first-order valence-corrected chi connectivity index (χ1v) is 5.48. The van der Waals surface area contributed by atoms with Gasteiger partial charge in [0, 0.05) is 44.2 Å². The Kier molecular flexibility index (Phi) is 3.93. The van der Waals surface area contributed by atoms with E-state index in [9.17, 15) is 5.11 Å².